The summed E-state index contributed by atoms with van der Waals surface area (Å²) in [4.78, 5) is 12.2. The van der Waals surface area contributed by atoms with E-state index in [9.17, 15) is 4.79 Å². The lowest BCUT2D eigenvalue weighted by Gasteiger charge is -2.10. The van der Waals surface area contributed by atoms with Gasteiger partial charge in [0.25, 0.3) is 0 Å². The minimum atomic E-state index is -0.259. The highest BCUT2D eigenvalue weighted by molar-refractivity contribution is 7.98. The SMILES string of the molecule is CNC(=O)Nc1ccc(SC)cc1OC. The van der Waals surface area contributed by atoms with Crippen molar-refractivity contribution in [3.05, 3.63) is 18.2 Å². The summed E-state index contributed by atoms with van der Waals surface area (Å²) in [5, 5.41) is 5.16. The molecule has 0 atom stereocenters. The van der Waals surface area contributed by atoms with Crippen molar-refractivity contribution >= 4 is 23.5 Å². The molecule has 0 fully saturated rings. The summed E-state index contributed by atoms with van der Waals surface area (Å²) in [5.74, 6) is 0.658. The molecular weight excluding hydrogens is 212 g/mol. The number of hydrogen-bond donors (Lipinski definition) is 2. The fourth-order valence-corrected chi connectivity index (χ4v) is 1.52. The molecule has 0 saturated carbocycles. The number of hydrogen-bond acceptors (Lipinski definition) is 3. The maximum atomic E-state index is 11.1. The number of benzene rings is 1. The number of anilines is 1. The standard InChI is InChI=1S/C10H14N2O2S/c1-11-10(13)12-8-5-4-7(15-3)6-9(8)14-2/h4-6H,1-3H3,(H2,11,12,13). The molecule has 0 spiro atoms. The number of methoxy groups -OCH3 is 1. The molecule has 0 aliphatic heterocycles. The Morgan fingerprint density at radius 3 is 2.73 bits per heavy atom. The van der Waals surface area contributed by atoms with Crippen molar-refractivity contribution in [2.75, 3.05) is 25.7 Å². The zero-order valence-electron chi connectivity index (χ0n) is 8.96. The van der Waals surface area contributed by atoms with E-state index in [-0.39, 0.29) is 6.03 Å². The van der Waals surface area contributed by atoms with Crippen LogP contribution in [0.5, 0.6) is 5.75 Å². The van der Waals surface area contributed by atoms with Crippen LogP contribution in [0.3, 0.4) is 0 Å². The quantitative estimate of drug-likeness (QED) is 0.777. The molecule has 0 aliphatic carbocycles. The number of carbonyl (C=O) groups excluding carboxylic acids is 1. The summed E-state index contributed by atoms with van der Waals surface area (Å²) in [5.41, 5.74) is 0.662. The van der Waals surface area contributed by atoms with Gasteiger partial charge in [-0.1, -0.05) is 0 Å². The van der Waals surface area contributed by atoms with Gasteiger partial charge in [0.1, 0.15) is 5.75 Å². The van der Waals surface area contributed by atoms with Gasteiger partial charge in [-0.2, -0.15) is 0 Å². The second-order valence-corrected chi connectivity index (χ2v) is 3.65. The summed E-state index contributed by atoms with van der Waals surface area (Å²) in [7, 11) is 3.15. The smallest absolute Gasteiger partial charge is 0.319 e. The first-order valence-electron chi connectivity index (χ1n) is 4.42. The third kappa shape index (κ3) is 3.06. The predicted molar refractivity (Wildman–Crippen MR) is 62.9 cm³/mol. The lowest BCUT2D eigenvalue weighted by Crippen LogP contribution is -2.24. The molecule has 0 heterocycles. The number of amides is 2. The van der Waals surface area contributed by atoms with E-state index in [1.54, 1.807) is 25.9 Å². The zero-order valence-corrected chi connectivity index (χ0v) is 9.77. The van der Waals surface area contributed by atoms with Gasteiger partial charge in [-0.3, -0.25) is 0 Å². The minimum absolute atomic E-state index is 0.259. The topological polar surface area (TPSA) is 50.4 Å². The van der Waals surface area contributed by atoms with E-state index in [0.29, 0.717) is 11.4 Å². The van der Waals surface area contributed by atoms with Gasteiger partial charge in [0.05, 0.1) is 12.8 Å². The van der Waals surface area contributed by atoms with Crippen LogP contribution in [-0.4, -0.2) is 26.4 Å². The zero-order chi connectivity index (χ0) is 11.3. The van der Waals surface area contributed by atoms with Crippen LogP contribution < -0.4 is 15.4 Å². The van der Waals surface area contributed by atoms with Gasteiger partial charge >= 0.3 is 6.03 Å². The first kappa shape index (κ1) is 11.7. The minimum Gasteiger partial charge on any atom is -0.495 e. The molecule has 2 amide bonds. The number of ether oxygens (including phenoxy) is 1. The number of rotatable bonds is 3. The monoisotopic (exact) mass is 226 g/mol. The van der Waals surface area contributed by atoms with E-state index >= 15 is 0 Å². The van der Waals surface area contributed by atoms with Crippen LogP contribution in [0.2, 0.25) is 0 Å². The van der Waals surface area contributed by atoms with Gasteiger partial charge in [-0.25, -0.2) is 4.79 Å². The molecule has 0 aromatic heterocycles. The molecule has 0 unspecified atom stereocenters. The van der Waals surface area contributed by atoms with Gasteiger partial charge in [0, 0.05) is 11.9 Å². The highest BCUT2D eigenvalue weighted by atomic mass is 32.2. The Morgan fingerprint density at radius 1 is 1.47 bits per heavy atom. The molecule has 0 aliphatic rings. The van der Waals surface area contributed by atoms with Crippen molar-refractivity contribution in [3.63, 3.8) is 0 Å². The average Bonchev–Trinajstić information content (AvgIpc) is 2.29. The van der Waals surface area contributed by atoms with Crippen molar-refractivity contribution in [2.45, 2.75) is 4.90 Å². The second kappa shape index (κ2) is 5.50. The average molecular weight is 226 g/mol. The van der Waals surface area contributed by atoms with Crippen LogP contribution in [0.4, 0.5) is 10.5 Å². The maximum absolute atomic E-state index is 11.1. The van der Waals surface area contributed by atoms with Crippen molar-refractivity contribution in [1.29, 1.82) is 0 Å². The molecule has 4 nitrogen and oxygen atoms in total. The number of nitrogens with one attached hydrogen (secondary N) is 2. The van der Waals surface area contributed by atoms with E-state index in [2.05, 4.69) is 10.6 Å². The Bertz CT molecular complexity index is 355. The highest BCUT2D eigenvalue weighted by Gasteiger charge is 2.06. The van der Waals surface area contributed by atoms with Crippen molar-refractivity contribution < 1.29 is 9.53 Å². The van der Waals surface area contributed by atoms with Gasteiger partial charge in [-0.15, -0.1) is 11.8 Å². The largest absolute Gasteiger partial charge is 0.495 e. The van der Waals surface area contributed by atoms with Crippen LogP contribution in [-0.2, 0) is 0 Å². The van der Waals surface area contributed by atoms with Crippen LogP contribution in [0.15, 0.2) is 23.1 Å². The Labute approximate surface area is 93.4 Å². The van der Waals surface area contributed by atoms with Crippen LogP contribution in [0, 0.1) is 0 Å². The maximum Gasteiger partial charge on any atom is 0.319 e. The first-order chi connectivity index (χ1) is 7.21. The molecule has 2 N–H and O–H groups in total. The lowest BCUT2D eigenvalue weighted by molar-refractivity contribution is 0.254. The Hall–Kier alpha value is -1.36. The van der Waals surface area contributed by atoms with Gasteiger partial charge in [0.2, 0.25) is 0 Å². The van der Waals surface area contributed by atoms with Crippen LogP contribution in [0.25, 0.3) is 0 Å². The summed E-state index contributed by atoms with van der Waals surface area (Å²) >= 11 is 1.62. The van der Waals surface area contributed by atoms with Crippen molar-refractivity contribution in [2.24, 2.45) is 0 Å². The van der Waals surface area contributed by atoms with Crippen molar-refractivity contribution in [3.8, 4) is 5.75 Å². The highest BCUT2D eigenvalue weighted by Crippen LogP contribution is 2.29. The van der Waals surface area contributed by atoms with E-state index < -0.39 is 0 Å². The third-order valence-corrected chi connectivity index (χ3v) is 2.61. The van der Waals surface area contributed by atoms with E-state index in [0.717, 1.165) is 4.90 Å². The van der Waals surface area contributed by atoms with E-state index in [4.69, 9.17) is 4.74 Å². The van der Waals surface area contributed by atoms with Crippen LogP contribution in [0.1, 0.15) is 0 Å². The molecule has 15 heavy (non-hydrogen) atoms. The second-order valence-electron chi connectivity index (χ2n) is 2.77. The molecule has 5 heteroatoms. The molecule has 0 radical (unpaired) electrons. The Morgan fingerprint density at radius 2 is 2.20 bits per heavy atom. The van der Waals surface area contributed by atoms with Crippen molar-refractivity contribution in [1.82, 2.24) is 5.32 Å². The molecule has 82 valence electrons. The fraction of sp³-hybridized carbons (Fsp3) is 0.300. The third-order valence-electron chi connectivity index (χ3n) is 1.88. The van der Waals surface area contributed by atoms with Gasteiger partial charge in [-0.05, 0) is 24.5 Å². The van der Waals surface area contributed by atoms with Crippen LogP contribution >= 0.6 is 11.8 Å². The predicted octanol–water partition coefficient (Wildman–Crippen LogP) is 2.17. The molecular formula is C10H14N2O2S. The first-order valence-corrected chi connectivity index (χ1v) is 5.64. The normalized spacial score (nSPS) is 9.53. The fourth-order valence-electron chi connectivity index (χ4n) is 1.09. The molecule has 0 bridgehead atoms. The summed E-state index contributed by atoms with van der Waals surface area (Å²) < 4.78 is 5.18. The summed E-state index contributed by atoms with van der Waals surface area (Å²) in [6.07, 6.45) is 1.99. The van der Waals surface area contributed by atoms with E-state index in [1.165, 1.54) is 0 Å². The Kier molecular flexibility index (Phi) is 4.30. The Balaban J connectivity index is 2.92. The lowest BCUT2D eigenvalue weighted by atomic mass is 10.3. The molecule has 1 rings (SSSR count). The number of carbonyl (C=O) groups is 1. The summed E-state index contributed by atoms with van der Waals surface area (Å²) in [6, 6.07) is 5.37. The molecule has 0 saturated heterocycles. The summed E-state index contributed by atoms with van der Waals surface area (Å²) in [6.45, 7) is 0. The van der Waals surface area contributed by atoms with Gasteiger partial charge in [0.15, 0.2) is 0 Å². The van der Waals surface area contributed by atoms with Gasteiger partial charge < -0.3 is 15.4 Å². The van der Waals surface area contributed by atoms with E-state index in [1.807, 2.05) is 24.5 Å². The molecule has 1 aromatic carbocycles. The number of thioether (sulfide) groups is 1. The molecule has 1 aromatic rings. The number of urea groups is 1.